The number of aromatic amines is 1. The van der Waals surface area contributed by atoms with Crippen LogP contribution in [0.5, 0.6) is 0 Å². The number of carbonyl (C=O) groups is 1. The molecule has 0 bridgehead atoms. The smallest absolute Gasteiger partial charge is 0.271 e. The first kappa shape index (κ1) is 17.1. The van der Waals surface area contributed by atoms with Gasteiger partial charge in [-0.3, -0.25) is 14.8 Å². The van der Waals surface area contributed by atoms with Crippen LogP contribution in [-0.4, -0.2) is 59.4 Å². The molecule has 130 valence electrons. The molecule has 0 spiro atoms. The van der Waals surface area contributed by atoms with Gasteiger partial charge in [-0.25, -0.2) is 0 Å². The molecule has 3 rings (SSSR count). The summed E-state index contributed by atoms with van der Waals surface area (Å²) in [6.07, 6.45) is 0. The van der Waals surface area contributed by atoms with Crippen molar-refractivity contribution in [2.24, 2.45) is 0 Å². The van der Waals surface area contributed by atoms with E-state index in [4.69, 9.17) is 4.74 Å². The van der Waals surface area contributed by atoms with Crippen LogP contribution in [-0.2, 0) is 4.74 Å². The Morgan fingerprint density at radius 3 is 2.83 bits per heavy atom. The second kappa shape index (κ2) is 7.04. The molecule has 0 atom stereocenters. The number of amides is 1. The van der Waals surface area contributed by atoms with Gasteiger partial charge in [0.2, 0.25) is 0 Å². The van der Waals surface area contributed by atoms with Crippen LogP contribution in [0.4, 0.5) is 0 Å². The summed E-state index contributed by atoms with van der Waals surface area (Å²) in [5.41, 5.74) is 1.20. The number of thiophene rings is 1. The van der Waals surface area contributed by atoms with Crippen molar-refractivity contribution in [3.8, 4) is 10.6 Å². The summed E-state index contributed by atoms with van der Waals surface area (Å²) in [7, 11) is 0. The molecule has 0 radical (unpaired) electrons. The second-order valence-corrected chi connectivity index (χ2v) is 7.96. The zero-order valence-corrected chi connectivity index (χ0v) is 15.2. The fraction of sp³-hybridized carbons (Fsp3) is 0.529. The lowest BCUT2D eigenvalue weighted by molar-refractivity contribution is -0.00924. The number of ether oxygens (including phenoxy) is 1. The van der Waals surface area contributed by atoms with Crippen molar-refractivity contribution in [2.75, 3.05) is 32.8 Å². The Morgan fingerprint density at radius 1 is 1.42 bits per heavy atom. The van der Waals surface area contributed by atoms with E-state index < -0.39 is 0 Å². The zero-order valence-electron chi connectivity index (χ0n) is 14.4. The Morgan fingerprint density at radius 2 is 2.17 bits per heavy atom. The average Bonchev–Trinajstić information content (AvgIpc) is 3.22. The van der Waals surface area contributed by atoms with E-state index in [1.807, 2.05) is 12.1 Å². The fourth-order valence-electron chi connectivity index (χ4n) is 2.81. The topological polar surface area (TPSA) is 70.2 Å². The molecule has 0 aliphatic carbocycles. The minimum atomic E-state index is -0.146. The van der Waals surface area contributed by atoms with Crippen molar-refractivity contribution < 1.29 is 9.53 Å². The Labute approximate surface area is 146 Å². The first-order chi connectivity index (χ1) is 11.5. The molecule has 0 saturated carbocycles. The molecule has 7 heteroatoms. The van der Waals surface area contributed by atoms with Gasteiger partial charge >= 0.3 is 0 Å². The largest absolute Gasteiger partial charge is 0.379 e. The van der Waals surface area contributed by atoms with Crippen LogP contribution in [0.25, 0.3) is 10.6 Å². The predicted molar refractivity (Wildman–Crippen MR) is 95.4 cm³/mol. The number of carbonyl (C=O) groups excluding carboxylic acids is 1. The van der Waals surface area contributed by atoms with E-state index in [9.17, 15) is 4.79 Å². The summed E-state index contributed by atoms with van der Waals surface area (Å²) < 4.78 is 5.39. The van der Waals surface area contributed by atoms with E-state index in [0.717, 1.165) is 36.9 Å². The maximum Gasteiger partial charge on any atom is 0.271 e. The lowest BCUT2D eigenvalue weighted by Crippen LogP contribution is -2.55. The highest BCUT2D eigenvalue weighted by molar-refractivity contribution is 7.15. The summed E-state index contributed by atoms with van der Waals surface area (Å²) in [5, 5.41) is 10.1. The Balaban J connectivity index is 1.60. The molecule has 2 aromatic heterocycles. The molecule has 2 aromatic rings. The molecule has 1 fully saturated rings. The first-order valence-corrected chi connectivity index (χ1v) is 9.00. The van der Waals surface area contributed by atoms with Crippen molar-refractivity contribution in [3.05, 3.63) is 28.8 Å². The van der Waals surface area contributed by atoms with E-state index in [2.05, 4.69) is 47.3 Å². The second-order valence-electron chi connectivity index (χ2n) is 6.67. The molecule has 1 aliphatic heterocycles. The van der Waals surface area contributed by atoms with Gasteiger partial charge in [-0.1, -0.05) is 0 Å². The molecule has 24 heavy (non-hydrogen) atoms. The van der Waals surface area contributed by atoms with E-state index in [0.29, 0.717) is 12.2 Å². The van der Waals surface area contributed by atoms with Crippen LogP contribution in [0.15, 0.2) is 18.2 Å². The maximum absolute atomic E-state index is 12.4. The molecular weight excluding hydrogens is 324 g/mol. The van der Waals surface area contributed by atoms with E-state index >= 15 is 0 Å². The maximum atomic E-state index is 12.4. The van der Waals surface area contributed by atoms with Gasteiger partial charge in [0.1, 0.15) is 0 Å². The summed E-state index contributed by atoms with van der Waals surface area (Å²) >= 11 is 1.68. The van der Waals surface area contributed by atoms with Crippen molar-refractivity contribution in [3.63, 3.8) is 0 Å². The van der Waals surface area contributed by atoms with E-state index in [1.165, 1.54) is 4.88 Å². The molecule has 2 N–H and O–H groups in total. The molecule has 0 aromatic carbocycles. The van der Waals surface area contributed by atoms with Crippen molar-refractivity contribution >= 4 is 17.2 Å². The third kappa shape index (κ3) is 3.85. The number of H-pyrrole nitrogens is 1. The minimum Gasteiger partial charge on any atom is -0.379 e. The average molecular weight is 348 g/mol. The van der Waals surface area contributed by atoms with Gasteiger partial charge in [0.15, 0.2) is 5.69 Å². The molecule has 0 unspecified atom stereocenters. The van der Waals surface area contributed by atoms with Gasteiger partial charge in [0, 0.05) is 30.1 Å². The van der Waals surface area contributed by atoms with Gasteiger partial charge in [-0.05, 0) is 39.0 Å². The first-order valence-electron chi connectivity index (χ1n) is 8.19. The van der Waals surface area contributed by atoms with E-state index in [1.54, 1.807) is 11.3 Å². The minimum absolute atomic E-state index is 0.108. The molecule has 1 aliphatic rings. The van der Waals surface area contributed by atoms with E-state index in [-0.39, 0.29) is 11.4 Å². The molecule has 6 nitrogen and oxygen atoms in total. The summed E-state index contributed by atoms with van der Waals surface area (Å²) in [6.45, 7) is 10.2. The van der Waals surface area contributed by atoms with Crippen LogP contribution < -0.4 is 5.32 Å². The zero-order chi connectivity index (χ0) is 17.2. The van der Waals surface area contributed by atoms with Crippen LogP contribution in [0.1, 0.15) is 29.2 Å². The monoisotopic (exact) mass is 348 g/mol. The molecule has 1 saturated heterocycles. The Hall–Kier alpha value is -1.70. The Bertz CT molecular complexity index is 701. The highest BCUT2D eigenvalue weighted by atomic mass is 32.1. The molecular formula is C17H24N4O2S. The quantitative estimate of drug-likeness (QED) is 0.870. The fourth-order valence-corrected chi connectivity index (χ4v) is 3.64. The SMILES string of the molecule is Cc1ccc(-c2cc(C(=O)NCC(C)(C)N3CCOCC3)n[nH]2)s1. The van der Waals surface area contributed by atoms with Crippen LogP contribution in [0.2, 0.25) is 0 Å². The van der Waals surface area contributed by atoms with Crippen LogP contribution in [0.3, 0.4) is 0 Å². The predicted octanol–water partition coefficient (Wildman–Crippen LogP) is 2.29. The summed E-state index contributed by atoms with van der Waals surface area (Å²) in [4.78, 5) is 17.1. The highest BCUT2D eigenvalue weighted by Crippen LogP contribution is 2.26. The van der Waals surface area contributed by atoms with Gasteiger partial charge in [0.05, 0.1) is 23.8 Å². The molecule has 3 heterocycles. The highest BCUT2D eigenvalue weighted by Gasteiger charge is 2.29. The van der Waals surface area contributed by atoms with Gasteiger partial charge in [-0.2, -0.15) is 5.10 Å². The number of hydrogen-bond acceptors (Lipinski definition) is 5. The number of rotatable bonds is 5. The number of aryl methyl sites for hydroxylation is 1. The van der Waals surface area contributed by atoms with Gasteiger partial charge in [-0.15, -0.1) is 11.3 Å². The molecule has 1 amide bonds. The number of nitrogens with one attached hydrogen (secondary N) is 2. The van der Waals surface area contributed by atoms with Crippen molar-refractivity contribution in [2.45, 2.75) is 26.3 Å². The third-order valence-corrected chi connectivity index (χ3v) is 5.40. The number of nitrogens with zero attached hydrogens (tertiary/aromatic N) is 2. The summed E-state index contributed by atoms with van der Waals surface area (Å²) in [6, 6.07) is 5.91. The Kier molecular flexibility index (Phi) is 5.03. The standard InChI is InChI=1S/C17H24N4O2S/c1-12-4-5-15(24-12)13-10-14(20-19-13)16(22)18-11-17(2,3)21-6-8-23-9-7-21/h4-5,10H,6-9,11H2,1-3H3,(H,18,22)(H,19,20). The van der Waals surface area contributed by atoms with Gasteiger partial charge in [0.25, 0.3) is 5.91 Å². The van der Waals surface area contributed by atoms with Crippen molar-refractivity contribution in [1.82, 2.24) is 20.4 Å². The van der Waals surface area contributed by atoms with Crippen LogP contribution in [0, 0.1) is 6.92 Å². The number of hydrogen-bond donors (Lipinski definition) is 2. The van der Waals surface area contributed by atoms with Gasteiger partial charge < -0.3 is 10.1 Å². The van der Waals surface area contributed by atoms with Crippen LogP contribution >= 0.6 is 11.3 Å². The lowest BCUT2D eigenvalue weighted by Gasteiger charge is -2.40. The number of aromatic nitrogens is 2. The van der Waals surface area contributed by atoms with Crippen molar-refractivity contribution in [1.29, 1.82) is 0 Å². The third-order valence-electron chi connectivity index (χ3n) is 4.37. The number of morpholine rings is 1. The lowest BCUT2D eigenvalue weighted by atomic mass is 10.0. The summed E-state index contributed by atoms with van der Waals surface area (Å²) in [5.74, 6) is -0.146. The normalized spacial score (nSPS) is 16.3.